The van der Waals surface area contributed by atoms with Crippen LogP contribution in [0.15, 0.2) is 121 Å². The summed E-state index contributed by atoms with van der Waals surface area (Å²) in [6.07, 6.45) is 0.839. The maximum atomic E-state index is 5.81. The van der Waals surface area contributed by atoms with E-state index < -0.39 is 7.26 Å². The molecule has 4 aromatic carbocycles. The summed E-state index contributed by atoms with van der Waals surface area (Å²) >= 11 is 0. The molecule has 0 atom stereocenters. The van der Waals surface area contributed by atoms with Gasteiger partial charge in [0.1, 0.15) is 29.3 Å². The number of benzene rings is 4. The highest BCUT2D eigenvalue weighted by molar-refractivity contribution is 7.95. The molecule has 0 unspecified atom stereocenters. The summed E-state index contributed by atoms with van der Waals surface area (Å²) in [5.74, 6) is 0.705. The van der Waals surface area contributed by atoms with Gasteiger partial charge in [0, 0.05) is 5.39 Å². The average molecular weight is 514 g/mol. The molecule has 2 nitrogen and oxygen atoms in total. The molecule has 0 amide bonds. The van der Waals surface area contributed by atoms with Crippen LogP contribution >= 0.6 is 7.26 Å². The molecule has 0 spiro atoms. The highest BCUT2D eigenvalue weighted by atomic mass is 79.9. The van der Waals surface area contributed by atoms with E-state index in [-0.39, 0.29) is 17.0 Å². The van der Waals surface area contributed by atoms with Crippen LogP contribution in [0.2, 0.25) is 0 Å². The maximum absolute atomic E-state index is 5.81. The van der Waals surface area contributed by atoms with Crippen molar-refractivity contribution in [3.8, 4) is 5.88 Å². The number of halogens is 1. The summed E-state index contributed by atoms with van der Waals surface area (Å²) in [4.78, 5) is 4.85. The van der Waals surface area contributed by atoms with E-state index in [9.17, 15) is 0 Å². The van der Waals surface area contributed by atoms with Crippen LogP contribution in [0.3, 0.4) is 0 Å². The summed E-state index contributed by atoms with van der Waals surface area (Å²) in [5.41, 5.74) is 2.09. The molecule has 5 rings (SSSR count). The molecule has 0 aliphatic rings. The first-order valence-corrected chi connectivity index (χ1v) is 12.8. The molecule has 1 heterocycles. The summed E-state index contributed by atoms with van der Waals surface area (Å²) < 4.78 is 5.81. The number of hydrogen-bond acceptors (Lipinski definition) is 2. The van der Waals surface area contributed by atoms with Gasteiger partial charge in [-0.1, -0.05) is 72.8 Å². The van der Waals surface area contributed by atoms with Crippen molar-refractivity contribution in [3.63, 3.8) is 0 Å². The standard InChI is InChI=1S/C29H25NOP.BrH/c1-31-29-24(21-23-13-11-12-20-28(23)30-29)22-32(25-14-5-2-6-15-25,26-16-7-3-8-17-26)27-18-9-4-10-19-27;/h2-21H,22H2,1H3;1H/q+1;/p-1. The van der Waals surface area contributed by atoms with Crippen molar-refractivity contribution in [1.29, 1.82) is 0 Å². The number of pyridine rings is 1. The number of ether oxygens (including phenoxy) is 1. The number of para-hydroxylation sites is 1. The summed E-state index contributed by atoms with van der Waals surface area (Å²) in [6.45, 7) is 0. The molecule has 4 heteroatoms. The van der Waals surface area contributed by atoms with E-state index in [1.54, 1.807) is 7.11 Å². The van der Waals surface area contributed by atoms with Crippen LogP contribution in [0.25, 0.3) is 10.9 Å². The van der Waals surface area contributed by atoms with E-state index in [1.165, 1.54) is 15.9 Å². The lowest BCUT2D eigenvalue weighted by molar-refractivity contribution is -0.00000659. The van der Waals surface area contributed by atoms with Crippen LogP contribution in [0.5, 0.6) is 5.88 Å². The number of aromatic nitrogens is 1. The lowest BCUT2D eigenvalue weighted by Crippen LogP contribution is -3.00. The summed E-state index contributed by atoms with van der Waals surface area (Å²) in [5, 5.41) is 5.20. The van der Waals surface area contributed by atoms with Crippen molar-refractivity contribution in [2.75, 3.05) is 7.11 Å². The molecule has 0 aliphatic carbocycles. The van der Waals surface area contributed by atoms with Gasteiger partial charge in [-0.2, -0.15) is 0 Å². The molecule has 0 bridgehead atoms. The minimum absolute atomic E-state index is 0. The summed E-state index contributed by atoms with van der Waals surface area (Å²) in [6, 6.07) is 43.3. The molecule has 0 fully saturated rings. The number of methoxy groups -OCH3 is 1. The highest BCUT2D eigenvalue weighted by Gasteiger charge is 2.46. The van der Waals surface area contributed by atoms with Crippen LogP contribution in [-0.2, 0) is 6.16 Å². The van der Waals surface area contributed by atoms with Gasteiger partial charge < -0.3 is 21.7 Å². The number of nitrogens with zero attached hydrogens (tertiary/aromatic N) is 1. The summed E-state index contributed by atoms with van der Waals surface area (Å²) in [7, 11) is -0.297. The Morgan fingerprint density at radius 3 is 1.58 bits per heavy atom. The third-order valence-electron chi connectivity index (χ3n) is 5.95. The second kappa shape index (κ2) is 10.3. The van der Waals surface area contributed by atoms with Crippen molar-refractivity contribution in [1.82, 2.24) is 4.98 Å². The quantitative estimate of drug-likeness (QED) is 0.326. The number of fused-ring (bicyclic) bond motifs is 1. The van der Waals surface area contributed by atoms with Gasteiger partial charge in [-0.3, -0.25) is 0 Å². The Labute approximate surface area is 206 Å². The number of hydrogen-bond donors (Lipinski definition) is 0. The van der Waals surface area contributed by atoms with Gasteiger partial charge in [-0.15, -0.1) is 0 Å². The van der Waals surface area contributed by atoms with E-state index in [0.717, 1.165) is 22.6 Å². The molecule has 5 aromatic rings. The van der Waals surface area contributed by atoms with Crippen molar-refractivity contribution < 1.29 is 21.7 Å². The predicted octanol–water partition coefficient (Wildman–Crippen LogP) is 2.74. The maximum Gasteiger partial charge on any atom is 0.220 e. The molecule has 0 N–H and O–H groups in total. The first kappa shape index (κ1) is 23.2. The molecule has 0 saturated carbocycles. The average Bonchev–Trinajstić information content (AvgIpc) is 2.88. The third-order valence-corrected chi connectivity index (χ3v) is 10.3. The van der Waals surface area contributed by atoms with E-state index in [0.29, 0.717) is 5.88 Å². The Bertz CT molecular complexity index is 1230. The predicted molar refractivity (Wildman–Crippen MR) is 137 cm³/mol. The second-order valence-corrected chi connectivity index (χ2v) is 11.3. The zero-order valence-electron chi connectivity index (χ0n) is 18.4. The molecule has 0 aliphatic heterocycles. The molecule has 164 valence electrons. The zero-order valence-corrected chi connectivity index (χ0v) is 20.9. The Morgan fingerprint density at radius 2 is 1.09 bits per heavy atom. The van der Waals surface area contributed by atoms with Gasteiger partial charge in [0.05, 0.1) is 18.2 Å². The van der Waals surface area contributed by atoms with Gasteiger partial charge in [-0.25, -0.2) is 4.98 Å². The molecule has 33 heavy (non-hydrogen) atoms. The van der Waals surface area contributed by atoms with Crippen LogP contribution in [0.4, 0.5) is 0 Å². The van der Waals surface area contributed by atoms with Gasteiger partial charge in [0.15, 0.2) is 0 Å². The van der Waals surface area contributed by atoms with Gasteiger partial charge in [-0.05, 0) is 48.5 Å². The fourth-order valence-electron chi connectivity index (χ4n) is 4.46. The molecule has 0 radical (unpaired) electrons. The van der Waals surface area contributed by atoms with Crippen LogP contribution in [0.1, 0.15) is 5.56 Å². The Hall–Kier alpha value is -3.00. The Kier molecular flexibility index (Phi) is 7.23. The van der Waals surface area contributed by atoms with E-state index >= 15 is 0 Å². The zero-order chi connectivity index (χ0) is 21.8. The van der Waals surface area contributed by atoms with E-state index in [1.807, 2.05) is 12.1 Å². The third kappa shape index (κ3) is 4.44. The SMILES string of the molecule is COc1nc2ccccc2cc1C[P+](c1ccccc1)(c1ccccc1)c1ccccc1.[Br-]. The molecular weight excluding hydrogens is 489 g/mol. The first-order chi connectivity index (χ1) is 15.8. The lowest BCUT2D eigenvalue weighted by atomic mass is 10.2. The van der Waals surface area contributed by atoms with Gasteiger partial charge >= 0.3 is 0 Å². The minimum Gasteiger partial charge on any atom is -1.00 e. The van der Waals surface area contributed by atoms with Gasteiger partial charge in [0.2, 0.25) is 5.88 Å². The van der Waals surface area contributed by atoms with Crippen LogP contribution in [0, 0.1) is 0 Å². The normalized spacial score (nSPS) is 11.1. The van der Waals surface area contributed by atoms with Crippen LogP contribution < -0.4 is 37.6 Å². The Morgan fingerprint density at radius 1 is 0.636 bits per heavy atom. The highest BCUT2D eigenvalue weighted by Crippen LogP contribution is 2.59. The van der Waals surface area contributed by atoms with Crippen molar-refractivity contribution in [2.45, 2.75) is 6.16 Å². The smallest absolute Gasteiger partial charge is 0.220 e. The largest absolute Gasteiger partial charge is 1.00 e. The fourth-order valence-corrected chi connectivity index (χ4v) is 8.68. The topological polar surface area (TPSA) is 22.1 Å². The minimum atomic E-state index is -2.01. The molecular formula is C29H25BrNOP. The van der Waals surface area contributed by atoms with Gasteiger partial charge in [0.25, 0.3) is 0 Å². The van der Waals surface area contributed by atoms with Crippen molar-refractivity contribution >= 4 is 34.1 Å². The monoisotopic (exact) mass is 513 g/mol. The van der Waals surface area contributed by atoms with E-state index in [4.69, 9.17) is 9.72 Å². The fraction of sp³-hybridized carbons (Fsp3) is 0.0690. The van der Waals surface area contributed by atoms with Crippen molar-refractivity contribution in [3.05, 3.63) is 127 Å². The number of rotatable bonds is 6. The molecule has 1 aromatic heterocycles. The van der Waals surface area contributed by atoms with Crippen molar-refractivity contribution in [2.24, 2.45) is 0 Å². The molecule has 0 saturated heterocycles. The van der Waals surface area contributed by atoms with Crippen LogP contribution in [-0.4, -0.2) is 12.1 Å². The lowest BCUT2D eigenvalue weighted by Gasteiger charge is -2.28. The first-order valence-electron chi connectivity index (χ1n) is 10.8. The van der Waals surface area contributed by atoms with E-state index in [2.05, 4.69) is 109 Å². The second-order valence-electron chi connectivity index (χ2n) is 7.82. The Balaban J connectivity index is 0.00000259.